The molecule has 208 valence electrons. The van der Waals surface area contributed by atoms with Gasteiger partial charge in [-0.05, 0) is 57.9 Å². The summed E-state index contributed by atoms with van der Waals surface area (Å²) >= 11 is 0. The normalized spacial score (nSPS) is 19.2. The number of unbranched alkanes of at least 4 members (excludes halogenated alkanes) is 1. The van der Waals surface area contributed by atoms with E-state index in [-0.39, 0.29) is 11.6 Å². The van der Waals surface area contributed by atoms with Gasteiger partial charge < -0.3 is 19.8 Å². The van der Waals surface area contributed by atoms with Crippen LogP contribution in [0.5, 0.6) is 0 Å². The highest BCUT2D eigenvalue weighted by Gasteiger charge is 2.42. The third-order valence-corrected chi connectivity index (χ3v) is 8.13. The van der Waals surface area contributed by atoms with E-state index in [4.69, 9.17) is 19.4 Å². The van der Waals surface area contributed by atoms with Gasteiger partial charge in [0.1, 0.15) is 11.6 Å². The molecule has 1 aromatic carbocycles. The van der Waals surface area contributed by atoms with Crippen molar-refractivity contribution in [3.05, 3.63) is 63.8 Å². The minimum atomic E-state index is -0.639. The highest BCUT2D eigenvalue weighted by molar-refractivity contribution is 5.80. The van der Waals surface area contributed by atoms with E-state index in [0.717, 1.165) is 93.2 Å². The van der Waals surface area contributed by atoms with Crippen LogP contribution in [0.1, 0.15) is 50.2 Å². The van der Waals surface area contributed by atoms with Crippen molar-refractivity contribution in [1.82, 2.24) is 19.5 Å². The van der Waals surface area contributed by atoms with Crippen molar-refractivity contribution in [3.8, 4) is 0 Å². The summed E-state index contributed by atoms with van der Waals surface area (Å²) in [6.07, 6.45) is 4.81. The molecule has 0 amide bonds. The molecular formula is C30H40N6O3. The molecule has 6 rings (SSSR count). The van der Waals surface area contributed by atoms with Crippen LogP contribution in [0.15, 0.2) is 41.2 Å². The third-order valence-electron chi connectivity index (χ3n) is 8.13. The number of para-hydroxylation sites is 1. The molecule has 1 aliphatic carbocycles. The van der Waals surface area contributed by atoms with Gasteiger partial charge in [0, 0.05) is 62.4 Å². The lowest BCUT2D eigenvalue weighted by Crippen LogP contribution is -2.47. The molecule has 0 unspecified atom stereocenters. The number of nitrogens with zero attached hydrogens (tertiary/aromatic N) is 5. The average Bonchev–Trinajstić information content (AvgIpc) is 3.41. The fourth-order valence-electron chi connectivity index (χ4n) is 6.05. The van der Waals surface area contributed by atoms with Crippen LogP contribution < -0.4 is 15.9 Å². The Morgan fingerprint density at radius 1 is 1.00 bits per heavy atom. The molecule has 9 heteroatoms. The Hall–Kier alpha value is -3.01. The Morgan fingerprint density at radius 3 is 2.59 bits per heavy atom. The standard InChI is InChI=1S/C30H40N6O3/c1-22(2)33-36-28(32-26-12-13-30(38-19-20-39-30)21-24(26)29(36)37)9-5-6-14-34-15-17-35(18-16-34)27-11-10-23-7-3-4-8-25(23)31-27/h3-4,7-8,10-11,22,33H,5-6,9,12-21H2,1-2H3. The first-order valence-corrected chi connectivity index (χ1v) is 14.5. The first-order chi connectivity index (χ1) is 19.0. The fourth-order valence-corrected chi connectivity index (χ4v) is 6.05. The van der Waals surface area contributed by atoms with Crippen LogP contribution >= 0.6 is 0 Å². The molecule has 2 aromatic heterocycles. The predicted molar refractivity (Wildman–Crippen MR) is 153 cm³/mol. The first kappa shape index (κ1) is 26.2. The number of ether oxygens (including phenoxy) is 2. The second-order valence-electron chi connectivity index (χ2n) is 11.3. The summed E-state index contributed by atoms with van der Waals surface area (Å²) in [5, 5.41) is 1.18. The van der Waals surface area contributed by atoms with Gasteiger partial charge in [-0.15, -0.1) is 0 Å². The number of anilines is 1. The minimum Gasteiger partial charge on any atom is -0.354 e. The monoisotopic (exact) mass is 532 g/mol. The largest absolute Gasteiger partial charge is 0.354 e. The molecular weight excluding hydrogens is 492 g/mol. The number of hydrogen-bond acceptors (Lipinski definition) is 8. The van der Waals surface area contributed by atoms with Crippen LogP contribution in [0.25, 0.3) is 10.9 Å². The van der Waals surface area contributed by atoms with E-state index in [2.05, 4.69) is 45.6 Å². The van der Waals surface area contributed by atoms with E-state index in [1.807, 2.05) is 19.9 Å². The van der Waals surface area contributed by atoms with Gasteiger partial charge in [0.15, 0.2) is 5.79 Å². The predicted octanol–water partition coefficient (Wildman–Crippen LogP) is 3.12. The van der Waals surface area contributed by atoms with Gasteiger partial charge in [-0.3, -0.25) is 9.69 Å². The summed E-state index contributed by atoms with van der Waals surface area (Å²) in [4.78, 5) is 28.3. The molecule has 3 aromatic rings. The van der Waals surface area contributed by atoms with Gasteiger partial charge in [-0.2, -0.15) is 0 Å². The van der Waals surface area contributed by atoms with E-state index in [1.54, 1.807) is 4.68 Å². The molecule has 0 saturated carbocycles. The van der Waals surface area contributed by atoms with Crippen molar-refractivity contribution in [2.45, 2.75) is 64.2 Å². The first-order valence-electron chi connectivity index (χ1n) is 14.5. The van der Waals surface area contributed by atoms with Gasteiger partial charge >= 0.3 is 0 Å². The summed E-state index contributed by atoms with van der Waals surface area (Å²) < 4.78 is 13.5. The van der Waals surface area contributed by atoms with Crippen molar-refractivity contribution >= 4 is 16.7 Å². The van der Waals surface area contributed by atoms with Crippen LogP contribution in [0.3, 0.4) is 0 Å². The number of aryl methyl sites for hydroxylation is 2. The summed E-state index contributed by atoms with van der Waals surface area (Å²) in [5.74, 6) is 1.27. The molecule has 0 atom stereocenters. The third kappa shape index (κ3) is 5.66. The lowest BCUT2D eigenvalue weighted by Gasteiger charge is -2.35. The zero-order valence-electron chi connectivity index (χ0n) is 23.2. The quantitative estimate of drug-likeness (QED) is 0.443. The van der Waals surface area contributed by atoms with Crippen LogP contribution in [-0.2, 0) is 28.7 Å². The summed E-state index contributed by atoms with van der Waals surface area (Å²) in [7, 11) is 0. The number of rotatable bonds is 8. The Balaban J connectivity index is 1.04. The van der Waals surface area contributed by atoms with Gasteiger partial charge in [-0.1, -0.05) is 18.2 Å². The topological polar surface area (TPSA) is 84.8 Å². The Kier molecular flexibility index (Phi) is 7.55. The van der Waals surface area contributed by atoms with Crippen LogP contribution in [0.4, 0.5) is 5.82 Å². The van der Waals surface area contributed by atoms with Crippen LogP contribution in [0.2, 0.25) is 0 Å². The minimum absolute atomic E-state index is 0.000275. The van der Waals surface area contributed by atoms with Gasteiger partial charge in [-0.25, -0.2) is 14.6 Å². The summed E-state index contributed by atoms with van der Waals surface area (Å²) in [5.41, 5.74) is 6.04. The number of hydrogen-bond donors (Lipinski definition) is 1. The Bertz CT molecular complexity index is 1360. The number of pyridine rings is 1. The highest BCUT2D eigenvalue weighted by Crippen LogP contribution is 2.33. The fraction of sp³-hybridized carbons (Fsp3) is 0.567. The number of benzene rings is 1. The molecule has 1 spiro atoms. The van der Waals surface area contributed by atoms with E-state index in [1.165, 1.54) is 5.39 Å². The second kappa shape index (κ2) is 11.2. The summed E-state index contributed by atoms with van der Waals surface area (Å²) in [6, 6.07) is 12.7. The SMILES string of the molecule is CC(C)Nn1c(CCCCN2CCN(c3ccc4ccccc4n3)CC2)nc2c(c1=O)CC1(CC2)OCCO1. The van der Waals surface area contributed by atoms with Crippen molar-refractivity contribution in [3.63, 3.8) is 0 Å². The molecule has 2 saturated heterocycles. The number of nitrogens with one attached hydrogen (secondary N) is 1. The van der Waals surface area contributed by atoms with E-state index >= 15 is 0 Å². The molecule has 1 N–H and O–H groups in total. The molecule has 39 heavy (non-hydrogen) atoms. The molecule has 3 aliphatic rings. The number of aromatic nitrogens is 3. The van der Waals surface area contributed by atoms with Crippen molar-refractivity contribution < 1.29 is 9.47 Å². The maximum Gasteiger partial charge on any atom is 0.275 e. The molecule has 2 aliphatic heterocycles. The van der Waals surface area contributed by atoms with Crippen LogP contribution in [-0.4, -0.2) is 77.3 Å². The lowest BCUT2D eigenvalue weighted by molar-refractivity contribution is -0.164. The highest BCUT2D eigenvalue weighted by atomic mass is 16.7. The molecule has 0 radical (unpaired) electrons. The van der Waals surface area contributed by atoms with Crippen molar-refractivity contribution in [2.24, 2.45) is 0 Å². The molecule has 9 nitrogen and oxygen atoms in total. The van der Waals surface area contributed by atoms with Crippen molar-refractivity contribution in [2.75, 3.05) is 56.3 Å². The maximum absolute atomic E-state index is 13.5. The van der Waals surface area contributed by atoms with Crippen LogP contribution in [0, 0.1) is 0 Å². The van der Waals surface area contributed by atoms with Gasteiger partial charge in [0.25, 0.3) is 5.56 Å². The molecule has 0 bridgehead atoms. The zero-order chi connectivity index (χ0) is 26.8. The lowest BCUT2D eigenvalue weighted by atomic mass is 9.91. The zero-order valence-corrected chi connectivity index (χ0v) is 23.2. The molecule has 4 heterocycles. The van der Waals surface area contributed by atoms with Crippen molar-refractivity contribution in [1.29, 1.82) is 0 Å². The number of piperazine rings is 1. The van der Waals surface area contributed by atoms with E-state index in [9.17, 15) is 4.79 Å². The van der Waals surface area contributed by atoms with E-state index in [0.29, 0.717) is 19.6 Å². The maximum atomic E-state index is 13.5. The summed E-state index contributed by atoms with van der Waals surface area (Å²) in [6.45, 7) is 10.4. The molecule has 2 fully saturated rings. The van der Waals surface area contributed by atoms with Gasteiger partial charge in [0.05, 0.1) is 24.4 Å². The van der Waals surface area contributed by atoms with E-state index < -0.39 is 5.79 Å². The number of fused-ring (bicyclic) bond motifs is 2. The Labute approximate surface area is 230 Å². The smallest absolute Gasteiger partial charge is 0.275 e. The van der Waals surface area contributed by atoms with Gasteiger partial charge in [0.2, 0.25) is 0 Å². The Morgan fingerprint density at radius 2 is 1.79 bits per heavy atom. The average molecular weight is 533 g/mol. The second-order valence-corrected chi connectivity index (χ2v) is 11.3.